The molecule has 0 heterocycles. The van der Waals surface area contributed by atoms with Crippen molar-refractivity contribution in [3.8, 4) is 11.5 Å². The predicted octanol–water partition coefficient (Wildman–Crippen LogP) is 7.15. The van der Waals surface area contributed by atoms with Crippen molar-refractivity contribution >= 4 is 40.5 Å². The number of nitrogens with one attached hydrogen (secondary N) is 1. The van der Waals surface area contributed by atoms with E-state index in [9.17, 15) is 0 Å². The second kappa shape index (κ2) is 9.42. The Morgan fingerprint density at radius 2 is 1.64 bits per heavy atom. The Bertz CT molecular complexity index is 959. The lowest BCUT2D eigenvalue weighted by molar-refractivity contribution is 0.284. The Kier molecular flexibility index (Phi) is 6.95. The smallest absolute Gasteiger partial charge is 0.180 e. The van der Waals surface area contributed by atoms with E-state index in [2.05, 4.69) is 5.32 Å². The molecule has 3 nitrogen and oxygen atoms in total. The fraction of sp³-hybridized carbons (Fsp3) is 0.182. The normalized spacial score (nSPS) is 10.6. The van der Waals surface area contributed by atoms with Gasteiger partial charge in [0.2, 0.25) is 0 Å². The number of anilines is 1. The van der Waals surface area contributed by atoms with Crippen LogP contribution in [-0.2, 0) is 13.2 Å². The first-order chi connectivity index (χ1) is 13.5. The van der Waals surface area contributed by atoms with Gasteiger partial charge in [-0.2, -0.15) is 0 Å². The number of hydrogen-bond donors (Lipinski definition) is 1. The summed E-state index contributed by atoms with van der Waals surface area (Å²) >= 11 is 18.6. The number of rotatable bonds is 7. The molecule has 0 saturated heterocycles. The van der Waals surface area contributed by atoms with Crippen LogP contribution in [0.2, 0.25) is 15.1 Å². The highest BCUT2D eigenvalue weighted by atomic mass is 35.5. The van der Waals surface area contributed by atoms with Gasteiger partial charge in [-0.3, -0.25) is 0 Å². The van der Waals surface area contributed by atoms with Crippen molar-refractivity contribution in [2.45, 2.75) is 20.1 Å². The van der Waals surface area contributed by atoms with E-state index in [0.29, 0.717) is 34.7 Å². The minimum Gasteiger partial charge on any atom is -0.493 e. The molecule has 0 aliphatic carbocycles. The number of methoxy groups -OCH3 is 1. The highest BCUT2D eigenvalue weighted by molar-refractivity contribution is 6.32. The number of benzene rings is 3. The molecule has 0 aliphatic rings. The van der Waals surface area contributed by atoms with E-state index in [1.165, 1.54) is 0 Å². The summed E-state index contributed by atoms with van der Waals surface area (Å²) in [7, 11) is 1.60. The first kappa shape index (κ1) is 20.7. The van der Waals surface area contributed by atoms with Crippen LogP contribution in [0.25, 0.3) is 0 Å². The maximum Gasteiger partial charge on any atom is 0.180 e. The van der Waals surface area contributed by atoms with E-state index < -0.39 is 0 Å². The molecule has 0 radical (unpaired) electrons. The highest BCUT2D eigenvalue weighted by Gasteiger charge is 2.13. The molecule has 0 fully saturated rings. The van der Waals surface area contributed by atoms with Crippen LogP contribution in [-0.4, -0.2) is 7.11 Å². The molecule has 0 spiro atoms. The fourth-order valence-corrected chi connectivity index (χ4v) is 3.34. The third-order valence-electron chi connectivity index (χ3n) is 4.34. The van der Waals surface area contributed by atoms with Crippen molar-refractivity contribution in [1.82, 2.24) is 0 Å². The van der Waals surface area contributed by atoms with E-state index in [1.807, 2.05) is 61.5 Å². The average molecular weight is 437 g/mol. The Morgan fingerprint density at radius 1 is 0.893 bits per heavy atom. The molecule has 0 aliphatic heterocycles. The van der Waals surface area contributed by atoms with Gasteiger partial charge < -0.3 is 14.8 Å². The first-order valence-electron chi connectivity index (χ1n) is 8.70. The monoisotopic (exact) mass is 435 g/mol. The maximum atomic E-state index is 6.47. The SMILES string of the molecule is COc1cc(CNc2cccc(Cl)c2C)cc(Cl)c1OCc1ccc(Cl)cc1. The molecule has 0 bridgehead atoms. The molecular weight excluding hydrogens is 417 g/mol. The van der Waals surface area contributed by atoms with Crippen molar-refractivity contribution in [2.75, 3.05) is 12.4 Å². The zero-order valence-electron chi connectivity index (χ0n) is 15.6. The third kappa shape index (κ3) is 5.05. The van der Waals surface area contributed by atoms with E-state index in [1.54, 1.807) is 7.11 Å². The van der Waals surface area contributed by atoms with Crippen LogP contribution in [0, 0.1) is 6.92 Å². The standard InChI is InChI=1S/C22H20Cl3NO2/c1-14-18(24)4-3-5-20(14)26-12-16-10-19(25)22(21(11-16)27-2)28-13-15-6-8-17(23)9-7-15/h3-11,26H,12-13H2,1-2H3. The van der Waals surface area contributed by atoms with Gasteiger partial charge in [0, 0.05) is 22.3 Å². The second-order valence-electron chi connectivity index (χ2n) is 6.29. The Labute approximate surface area is 180 Å². The second-order valence-corrected chi connectivity index (χ2v) is 7.54. The Hall–Kier alpha value is -2.07. The topological polar surface area (TPSA) is 30.5 Å². The molecule has 3 aromatic carbocycles. The van der Waals surface area contributed by atoms with Crippen LogP contribution < -0.4 is 14.8 Å². The van der Waals surface area contributed by atoms with Gasteiger partial charge in [0.25, 0.3) is 0 Å². The molecule has 0 saturated carbocycles. The van der Waals surface area contributed by atoms with Gasteiger partial charge in [0.15, 0.2) is 11.5 Å². The maximum absolute atomic E-state index is 6.47. The van der Waals surface area contributed by atoms with Gasteiger partial charge in [-0.05, 0) is 60.0 Å². The van der Waals surface area contributed by atoms with Gasteiger partial charge >= 0.3 is 0 Å². The summed E-state index contributed by atoms with van der Waals surface area (Å²) in [5.74, 6) is 1.10. The van der Waals surface area contributed by atoms with Gasteiger partial charge in [-0.25, -0.2) is 0 Å². The molecule has 1 N–H and O–H groups in total. The van der Waals surface area contributed by atoms with Crippen LogP contribution in [0.15, 0.2) is 54.6 Å². The minimum absolute atomic E-state index is 0.368. The number of halogens is 3. The summed E-state index contributed by atoms with van der Waals surface area (Å²) in [5.41, 5.74) is 3.94. The lowest BCUT2D eigenvalue weighted by Crippen LogP contribution is -2.03. The van der Waals surface area contributed by atoms with Crippen LogP contribution in [0.1, 0.15) is 16.7 Å². The van der Waals surface area contributed by atoms with E-state index in [0.717, 1.165) is 27.4 Å². The molecule has 0 atom stereocenters. The zero-order valence-corrected chi connectivity index (χ0v) is 17.8. The van der Waals surface area contributed by atoms with Crippen molar-refractivity contribution in [3.05, 3.63) is 86.4 Å². The molecule has 3 rings (SSSR count). The van der Waals surface area contributed by atoms with E-state index in [4.69, 9.17) is 44.3 Å². The summed E-state index contributed by atoms with van der Waals surface area (Å²) in [6.07, 6.45) is 0. The first-order valence-corrected chi connectivity index (χ1v) is 9.84. The molecule has 3 aromatic rings. The molecular formula is C22H20Cl3NO2. The van der Waals surface area contributed by atoms with Crippen LogP contribution >= 0.6 is 34.8 Å². The fourth-order valence-electron chi connectivity index (χ4n) is 2.75. The van der Waals surface area contributed by atoms with Crippen molar-refractivity contribution in [3.63, 3.8) is 0 Å². The Morgan fingerprint density at radius 3 is 2.36 bits per heavy atom. The largest absolute Gasteiger partial charge is 0.493 e. The molecule has 28 heavy (non-hydrogen) atoms. The lowest BCUT2D eigenvalue weighted by Gasteiger charge is -2.16. The molecule has 0 aromatic heterocycles. The predicted molar refractivity (Wildman–Crippen MR) is 117 cm³/mol. The zero-order chi connectivity index (χ0) is 20.1. The van der Waals surface area contributed by atoms with E-state index >= 15 is 0 Å². The quantitative estimate of drug-likeness (QED) is 0.426. The van der Waals surface area contributed by atoms with Gasteiger partial charge in [-0.15, -0.1) is 0 Å². The minimum atomic E-state index is 0.368. The van der Waals surface area contributed by atoms with Gasteiger partial charge in [0.1, 0.15) is 6.61 Å². The number of hydrogen-bond acceptors (Lipinski definition) is 3. The van der Waals surface area contributed by atoms with Crippen molar-refractivity contribution < 1.29 is 9.47 Å². The number of ether oxygens (including phenoxy) is 2. The molecule has 6 heteroatoms. The molecule has 146 valence electrons. The van der Waals surface area contributed by atoms with Crippen molar-refractivity contribution in [2.24, 2.45) is 0 Å². The Balaban J connectivity index is 1.73. The third-order valence-corrected chi connectivity index (χ3v) is 5.28. The average Bonchev–Trinajstić information content (AvgIpc) is 2.69. The van der Waals surface area contributed by atoms with Crippen LogP contribution in [0.5, 0.6) is 11.5 Å². The summed E-state index contributed by atoms with van der Waals surface area (Å²) in [6.45, 7) is 2.92. The molecule has 0 amide bonds. The van der Waals surface area contributed by atoms with Crippen LogP contribution in [0.4, 0.5) is 5.69 Å². The van der Waals surface area contributed by atoms with Crippen LogP contribution in [0.3, 0.4) is 0 Å². The summed E-state index contributed by atoms with van der Waals surface area (Å²) in [5, 5.41) is 5.29. The summed E-state index contributed by atoms with van der Waals surface area (Å²) in [6, 6.07) is 17.0. The lowest BCUT2D eigenvalue weighted by atomic mass is 10.1. The highest BCUT2D eigenvalue weighted by Crippen LogP contribution is 2.37. The summed E-state index contributed by atoms with van der Waals surface area (Å²) in [4.78, 5) is 0. The molecule has 0 unspecified atom stereocenters. The van der Waals surface area contributed by atoms with E-state index in [-0.39, 0.29) is 0 Å². The van der Waals surface area contributed by atoms with Crippen molar-refractivity contribution in [1.29, 1.82) is 0 Å². The van der Waals surface area contributed by atoms with Gasteiger partial charge in [-0.1, -0.05) is 53.0 Å². The summed E-state index contributed by atoms with van der Waals surface area (Å²) < 4.78 is 11.4. The van der Waals surface area contributed by atoms with Gasteiger partial charge in [0.05, 0.1) is 12.1 Å².